The highest BCUT2D eigenvalue weighted by atomic mass is 16.3. The number of tetrazole rings is 1. The number of benzene rings is 1. The van der Waals surface area contributed by atoms with E-state index in [1.165, 1.54) is 0 Å². The van der Waals surface area contributed by atoms with Crippen LogP contribution in [0.5, 0.6) is 5.75 Å². The number of H-pyrrole nitrogens is 1. The zero-order chi connectivity index (χ0) is 14.5. The normalized spacial score (nSPS) is 13.7. The molecular formula is C12H16N6O2. The van der Waals surface area contributed by atoms with Gasteiger partial charge in [-0.1, -0.05) is 17.3 Å². The van der Waals surface area contributed by atoms with Crippen molar-refractivity contribution in [3.05, 3.63) is 35.7 Å². The van der Waals surface area contributed by atoms with Crippen LogP contribution in [0.4, 0.5) is 0 Å². The van der Waals surface area contributed by atoms with Crippen LogP contribution in [0.25, 0.3) is 0 Å². The number of hydrogen-bond donors (Lipinski definition) is 4. The predicted octanol–water partition coefficient (Wildman–Crippen LogP) is -0.348. The molecule has 0 fully saturated rings. The summed E-state index contributed by atoms with van der Waals surface area (Å²) in [5, 5.41) is 25.2. The molecule has 0 radical (unpaired) electrons. The number of amides is 1. The maximum atomic E-state index is 11.9. The van der Waals surface area contributed by atoms with Gasteiger partial charge in [-0.05, 0) is 31.0 Å². The Bertz CT molecular complexity index is 554. The largest absolute Gasteiger partial charge is 0.508 e. The Labute approximate surface area is 115 Å². The highest BCUT2D eigenvalue weighted by Crippen LogP contribution is 2.11. The first kappa shape index (κ1) is 13.9. The number of phenolic OH excluding ortho intramolecular Hbond substituents is 1. The Morgan fingerprint density at radius 3 is 2.75 bits per heavy atom. The summed E-state index contributed by atoms with van der Waals surface area (Å²) in [6.45, 7) is 1.75. The molecule has 106 valence electrons. The fraction of sp³-hybridized carbons (Fsp3) is 0.333. The molecule has 0 bridgehead atoms. The summed E-state index contributed by atoms with van der Waals surface area (Å²) in [7, 11) is 0. The van der Waals surface area contributed by atoms with Crippen molar-refractivity contribution >= 4 is 5.91 Å². The van der Waals surface area contributed by atoms with Crippen LogP contribution in [-0.2, 0) is 11.2 Å². The van der Waals surface area contributed by atoms with Gasteiger partial charge in [0, 0.05) is 0 Å². The van der Waals surface area contributed by atoms with Gasteiger partial charge in [-0.3, -0.25) is 4.79 Å². The average molecular weight is 276 g/mol. The van der Waals surface area contributed by atoms with Gasteiger partial charge in [0.1, 0.15) is 5.75 Å². The third kappa shape index (κ3) is 3.51. The molecule has 0 saturated carbocycles. The van der Waals surface area contributed by atoms with Gasteiger partial charge in [0.05, 0.1) is 12.1 Å². The van der Waals surface area contributed by atoms with E-state index in [4.69, 9.17) is 5.73 Å². The number of carbonyl (C=O) groups is 1. The second-order valence-corrected chi connectivity index (χ2v) is 4.48. The van der Waals surface area contributed by atoms with Crippen LogP contribution in [0.1, 0.15) is 24.4 Å². The number of aromatic amines is 1. The molecule has 1 amide bonds. The van der Waals surface area contributed by atoms with Crippen LogP contribution in [-0.4, -0.2) is 37.7 Å². The van der Waals surface area contributed by atoms with Gasteiger partial charge in [-0.15, -0.1) is 10.2 Å². The molecule has 8 nitrogen and oxygen atoms in total. The molecule has 2 rings (SSSR count). The van der Waals surface area contributed by atoms with Gasteiger partial charge >= 0.3 is 0 Å². The number of nitrogens with two attached hydrogens (primary N) is 1. The van der Waals surface area contributed by atoms with Gasteiger partial charge in [-0.25, -0.2) is 0 Å². The Kier molecular flexibility index (Phi) is 4.26. The summed E-state index contributed by atoms with van der Waals surface area (Å²) in [5.41, 5.74) is 6.72. The lowest BCUT2D eigenvalue weighted by atomic mass is 10.1. The molecule has 2 atom stereocenters. The van der Waals surface area contributed by atoms with E-state index >= 15 is 0 Å². The number of hydrogen-bond acceptors (Lipinski definition) is 6. The van der Waals surface area contributed by atoms with E-state index in [0.717, 1.165) is 5.56 Å². The summed E-state index contributed by atoms with van der Waals surface area (Å²) in [6.07, 6.45) is 0.380. The SMILES string of the molecule is CC(NC(=O)C(N)Cc1ccc(O)cc1)c1nn[nH]n1. The second kappa shape index (κ2) is 6.11. The first-order chi connectivity index (χ1) is 9.56. The van der Waals surface area contributed by atoms with Crippen molar-refractivity contribution in [3.63, 3.8) is 0 Å². The van der Waals surface area contributed by atoms with Crippen molar-refractivity contribution in [2.24, 2.45) is 5.73 Å². The molecular weight excluding hydrogens is 260 g/mol. The summed E-state index contributed by atoms with van der Waals surface area (Å²) < 4.78 is 0. The number of nitrogens with one attached hydrogen (secondary N) is 2. The lowest BCUT2D eigenvalue weighted by Gasteiger charge is -2.15. The zero-order valence-corrected chi connectivity index (χ0v) is 10.9. The van der Waals surface area contributed by atoms with E-state index in [2.05, 4.69) is 25.9 Å². The fourth-order valence-corrected chi connectivity index (χ4v) is 1.72. The molecule has 1 aromatic heterocycles. The highest BCUT2D eigenvalue weighted by Gasteiger charge is 2.19. The molecule has 0 aliphatic heterocycles. The van der Waals surface area contributed by atoms with Crippen molar-refractivity contribution in [2.45, 2.75) is 25.4 Å². The predicted molar refractivity (Wildman–Crippen MR) is 70.5 cm³/mol. The van der Waals surface area contributed by atoms with Crippen LogP contribution >= 0.6 is 0 Å². The molecule has 0 spiro atoms. The lowest BCUT2D eigenvalue weighted by molar-refractivity contribution is -0.123. The number of phenols is 1. The number of carbonyl (C=O) groups excluding carboxylic acids is 1. The van der Waals surface area contributed by atoms with E-state index < -0.39 is 6.04 Å². The Morgan fingerprint density at radius 2 is 2.15 bits per heavy atom. The number of aromatic hydroxyl groups is 1. The van der Waals surface area contributed by atoms with Crippen molar-refractivity contribution in [1.29, 1.82) is 0 Å². The second-order valence-electron chi connectivity index (χ2n) is 4.48. The van der Waals surface area contributed by atoms with E-state index in [1.54, 1.807) is 31.2 Å². The van der Waals surface area contributed by atoms with Crippen LogP contribution in [0.3, 0.4) is 0 Å². The lowest BCUT2D eigenvalue weighted by Crippen LogP contribution is -2.43. The molecule has 0 aliphatic carbocycles. The molecule has 2 unspecified atom stereocenters. The van der Waals surface area contributed by atoms with E-state index in [9.17, 15) is 9.90 Å². The van der Waals surface area contributed by atoms with Crippen LogP contribution in [0.2, 0.25) is 0 Å². The summed E-state index contributed by atoms with van der Waals surface area (Å²) >= 11 is 0. The first-order valence-corrected chi connectivity index (χ1v) is 6.13. The standard InChI is InChI=1S/C12H16N6O2/c1-7(11-15-17-18-16-11)14-12(20)10(13)6-8-2-4-9(19)5-3-8/h2-5,7,10,19H,6,13H2,1H3,(H,14,20)(H,15,16,17,18). The molecule has 20 heavy (non-hydrogen) atoms. The smallest absolute Gasteiger partial charge is 0.237 e. The molecule has 0 aliphatic rings. The third-order valence-electron chi connectivity index (χ3n) is 2.84. The quantitative estimate of drug-likeness (QED) is 0.590. The molecule has 5 N–H and O–H groups in total. The summed E-state index contributed by atoms with van der Waals surface area (Å²) in [5.74, 6) is 0.281. The fourth-order valence-electron chi connectivity index (χ4n) is 1.72. The van der Waals surface area contributed by atoms with Crippen LogP contribution < -0.4 is 11.1 Å². The van der Waals surface area contributed by atoms with Crippen LogP contribution in [0.15, 0.2) is 24.3 Å². The molecule has 1 aromatic carbocycles. The van der Waals surface area contributed by atoms with Crippen LogP contribution in [0, 0.1) is 0 Å². The Hall–Kier alpha value is -2.48. The van der Waals surface area contributed by atoms with Crippen molar-refractivity contribution in [3.8, 4) is 5.75 Å². The highest BCUT2D eigenvalue weighted by molar-refractivity contribution is 5.82. The molecule has 0 saturated heterocycles. The van der Waals surface area contributed by atoms with Gasteiger partial charge in [0.25, 0.3) is 0 Å². The van der Waals surface area contributed by atoms with Crippen molar-refractivity contribution in [1.82, 2.24) is 25.9 Å². The maximum absolute atomic E-state index is 11.9. The van der Waals surface area contributed by atoms with Crippen molar-refractivity contribution in [2.75, 3.05) is 0 Å². The minimum absolute atomic E-state index is 0.178. The molecule has 2 aromatic rings. The number of aromatic nitrogens is 4. The Morgan fingerprint density at radius 1 is 1.45 bits per heavy atom. The van der Waals surface area contributed by atoms with Gasteiger partial charge < -0.3 is 16.2 Å². The average Bonchev–Trinajstić information content (AvgIpc) is 2.95. The van der Waals surface area contributed by atoms with E-state index in [-0.39, 0.29) is 17.7 Å². The van der Waals surface area contributed by atoms with Gasteiger partial charge in [-0.2, -0.15) is 5.21 Å². The van der Waals surface area contributed by atoms with E-state index in [0.29, 0.717) is 12.2 Å². The molecule has 8 heteroatoms. The third-order valence-corrected chi connectivity index (χ3v) is 2.84. The maximum Gasteiger partial charge on any atom is 0.237 e. The minimum Gasteiger partial charge on any atom is -0.508 e. The summed E-state index contributed by atoms with van der Waals surface area (Å²) in [6, 6.07) is 5.51. The zero-order valence-electron chi connectivity index (χ0n) is 10.9. The first-order valence-electron chi connectivity index (χ1n) is 6.13. The Balaban J connectivity index is 1.90. The minimum atomic E-state index is -0.686. The van der Waals surface area contributed by atoms with Gasteiger partial charge in [0.2, 0.25) is 5.91 Å². The topological polar surface area (TPSA) is 130 Å². The van der Waals surface area contributed by atoms with Crippen molar-refractivity contribution < 1.29 is 9.90 Å². The van der Waals surface area contributed by atoms with E-state index in [1.807, 2.05) is 0 Å². The number of rotatable bonds is 5. The molecule has 1 heterocycles. The summed E-state index contributed by atoms with van der Waals surface area (Å²) in [4.78, 5) is 11.9. The van der Waals surface area contributed by atoms with Gasteiger partial charge in [0.15, 0.2) is 5.82 Å². The number of nitrogens with zero attached hydrogens (tertiary/aromatic N) is 3. The monoisotopic (exact) mass is 276 g/mol.